The molecule has 0 radical (unpaired) electrons. The Hall–Kier alpha value is -0.860. The minimum absolute atomic E-state index is 0.254. The van der Waals surface area contributed by atoms with E-state index in [1.807, 2.05) is 0 Å². The molecular weight excluding hydrogens is 222 g/mol. The molecule has 2 N–H and O–H groups in total. The van der Waals surface area contributed by atoms with Crippen LogP contribution in [0.1, 0.15) is 44.1 Å². The maximum atomic E-state index is 6.15. The lowest BCUT2D eigenvalue weighted by molar-refractivity contribution is 0.0300. The van der Waals surface area contributed by atoms with Crippen LogP contribution >= 0.6 is 0 Å². The van der Waals surface area contributed by atoms with Gasteiger partial charge in [0.2, 0.25) is 0 Å². The van der Waals surface area contributed by atoms with Gasteiger partial charge in [0.05, 0.1) is 6.10 Å². The molecule has 2 rings (SSSR count). The highest BCUT2D eigenvalue weighted by Crippen LogP contribution is 2.19. The van der Waals surface area contributed by atoms with Crippen molar-refractivity contribution in [3.8, 4) is 0 Å². The summed E-state index contributed by atoms with van der Waals surface area (Å²) in [4.78, 5) is 0. The first-order valence-corrected chi connectivity index (χ1v) is 7.27. The van der Waals surface area contributed by atoms with Gasteiger partial charge in [-0.15, -0.1) is 0 Å². The second kappa shape index (κ2) is 7.55. The van der Waals surface area contributed by atoms with E-state index in [0.717, 1.165) is 32.3 Å². The van der Waals surface area contributed by atoms with E-state index in [4.69, 9.17) is 10.5 Å². The Morgan fingerprint density at radius 2 is 1.83 bits per heavy atom. The molecule has 1 aliphatic carbocycles. The van der Waals surface area contributed by atoms with Crippen molar-refractivity contribution < 1.29 is 4.74 Å². The van der Waals surface area contributed by atoms with Crippen LogP contribution in [-0.2, 0) is 11.2 Å². The van der Waals surface area contributed by atoms with Crippen molar-refractivity contribution in [2.75, 3.05) is 6.61 Å². The quantitative estimate of drug-likeness (QED) is 0.640. The minimum Gasteiger partial charge on any atom is -0.377 e. The lowest BCUT2D eigenvalue weighted by atomic mass is 10.1. The first-order valence-electron chi connectivity index (χ1n) is 7.27. The van der Waals surface area contributed by atoms with Crippen LogP contribution < -0.4 is 5.73 Å². The molecule has 1 aromatic carbocycles. The molecule has 2 heteroatoms. The standard InChI is InChI=1S/C16H25NO/c17-15-11-5-2-6-12-16(15)18-13-7-10-14-8-3-1-4-9-14/h1,3-4,8-9,15-16H,2,5-7,10-13,17H2. The molecule has 0 saturated heterocycles. The molecular formula is C16H25NO. The number of ether oxygens (including phenoxy) is 1. The fourth-order valence-electron chi connectivity index (χ4n) is 2.66. The first-order chi connectivity index (χ1) is 8.86. The molecule has 100 valence electrons. The van der Waals surface area contributed by atoms with Crippen LogP contribution in [0.4, 0.5) is 0 Å². The molecule has 2 unspecified atom stereocenters. The van der Waals surface area contributed by atoms with Crippen molar-refractivity contribution in [1.82, 2.24) is 0 Å². The van der Waals surface area contributed by atoms with E-state index in [-0.39, 0.29) is 6.04 Å². The van der Waals surface area contributed by atoms with Crippen LogP contribution in [0.5, 0.6) is 0 Å². The Labute approximate surface area is 111 Å². The number of hydrogen-bond acceptors (Lipinski definition) is 2. The van der Waals surface area contributed by atoms with Gasteiger partial charge in [0.25, 0.3) is 0 Å². The average Bonchev–Trinajstić information content (AvgIpc) is 2.61. The maximum absolute atomic E-state index is 6.15. The van der Waals surface area contributed by atoms with Gasteiger partial charge >= 0.3 is 0 Å². The monoisotopic (exact) mass is 247 g/mol. The smallest absolute Gasteiger partial charge is 0.0725 e. The Bertz CT molecular complexity index is 325. The van der Waals surface area contributed by atoms with Gasteiger partial charge in [-0.3, -0.25) is 0 Å². The van der Waals surface area contributed by atoms with E-state index >= 15 is 0 Å². The Balaban J connectivity index is 1.65. The van der Waals surface area contributed by atoms with Crippen LogP contribution in [0.15, 0.2) is 30.3 Å². The Kier molecular flexibility index (Phi) is 5.69. The fourth-order valence-corrected chi connectivity index (χ4v) is 2.66. The molecule has 1 aromatic rings. The van der Waals surface area contributed by atoms with Crippen LogP contribution in [0, 0.1) is 0 Å². The van der Waals surface area contributed by atoms with Crippen LogP contribution in [-0.4, -0.2) is 18.8 Å². The van der Waals surface area contributed by atoms with Gasteiger partial charge < -0.3 is 10.5 Å². The average molecular weight is 247 g/mol. The van der Waals surface area contributed by atoms with Crippen molar-refractivity contribution in [3.63, 3.8) is 0 Å². The molecule has 0 spiro atoms. The molecule has 1 saturated carbocycles. The number of rotatable bonds is 5. The van der Waals surface area contributed by atoms with E-state index in [1.165, 1.54) is 24.8 Å². The molecule has 18 heavy (non-hydrogen) atoms. The normalized spacial score (nSPS) is 24.7. The van der Waals surface area contributed by atoms with Gasteiger partial charge in [0, 0.05) is 12.6 Å². The summed E-state index contributed by atoms with van der Waals surface area (Å²) in [6, 6.07) is 10.9. The lowest BCUT2D eigenvalue weighted by Crippen LogP contribution is -2.36. The minimum atomic E-state index is 0.254. The fraction of sp³-hybridized carbons (Fsp3) is 0.625. The molecule has 0 aliphatic heterocycles. The number of benzene rings is 1. The zero-order valence-electron chi connectivity index (χ0n) is 11.2. The van der Waals surface area contributed by atoms with E-state index in [9.17, 15) is 0 Å². The van der Waals surface area contributed by atoms with Gasteiger partial charge in [-0.2, -0.15) is 0 Å². The molecule has 0 bridgehead atoms. The summed E-state index contributed by atoms with van der Waals surface area (Å²) < 4.78 is 5.97. The van der Waals surface area contributed by atoms with Crippen molar-refractivity contribution in [2.45, 2.75) is 57.1 Å². The summed E-state index contributed by atoms with van der Waals surface area (Å²) in [6.07, 6.45) is 8.62. The molecule has 2 atom stereocenters. The van der Waals surface area contributed by atoms with Crippen molar-refractivity contribution in [1.29, 1.82) is 0 Å². The van der Waals surface area contributed by atoms with E-state index in [1.54, 1.807) is 0 Å². The van der Waals surface area contributed by atoms with Crippen LogP contribution in [0.3, 0.4) is 0 Å². The summed E-state index contributed by atoms with van der Waals surface area (Å²) in [6.45, 7) is 0.841. The topological polar surface area (TPSA) is 35.2 Å². The third kappa shape index (κ3) is 4.43. The van der Waals surface area contributed by atoms with Crippen molar-refractivity contribution >= 4 is 0 Å². The Morgan fingerprint density at radius 1 is 1.06 bits per heavy atom. The largest absolute Gasteiger partial charge is 0.377 e. The summed E-state index contributed by atoms with van der Waals surface area (Å²) in [5.41, 5.74) is 7.54. The SMILES string of the molecule is NC1CCCCCC1OCCCc1ccccc1. The molecule has 0 aromatic heterocycles. The molecule has 2 nitrogen and oxygen atoms in total. The summed E-state index contributed by atoms with van der Waals surface area (Å²) in [7, 11) is 0. The highest BCUT2D eigenvalue weighted by atomic mass is 16.5. The van der Waals surface area contributed by atoms with Crippen molar-refractivity contribution in [3.05, 3.63) is 35.9 Å². The molecule has 0 amide bonds. The van der Waals surface area contributed by atoms with E-state index in [0.29, 0.717) is 6.10 Å². The van der Waals surface area contributed by atoms with Gasteiger partial charge in [-0.1, -0.05) is 49.6 Å². The molecule has 1 aliphatic rings. The van der Waals surface area contributed by atoms with Gasteiger partial charge in [0.1, 0.15) is 0 Å². The molecule has 1 fully saturated rings. The highest BCUT2D eigenvalue weighted by Gasteiger charge is 2.20. The van der Waals surface area contributed by atoms with E-state index in [2.05, 4.69) is 30.3 Å². The molecule has 0 heterocycles. The number of aryl methyl sites for hydroxylation is 1. The summed E-state index contributed by atoms with van der Waals surface area (Å²) >= 11 is 0. The van der Waals surface area contributed by atoms with Gasteiger partial charge in [-0.05, 0) is 31.2 Å². The highest BCUT2D eigenvalue weighted by molar-refractivity contribution is 5.14. The van der Waals surface area contributed by atoms with Gasteiger partial charge in [0.15, 0.2) is 0 Å². The zero-order valence-corrected chi connectivity index (χ0v) is 11.2. The Morgan fingerprint density at radius 3 is 2.67 bits per heavy atom. The summed E-state index contributed by atoms with van der Waals surface area (Å²) in [5, 5.41) is 0. The summed E-state index contributed by atoms with van der Waals surface area (Å²) in [5.74, 6) is 0. The maximum Gasteiger partial charge on any atom is 0.0725 e. The van der Waals surface area contributed by atoms with Gasteiger partial charge in [-0.25, -0.2) is 0 Å². The van der Waals surface area contributed by atoms with Crippen LogP contribution in [0.25, 0.3) is 0 Å². The second-order valence-corrected chi connectivity index (χ2v) is 5.30. The number of nitrogens with two attached hydrogens (primary N) is 1. The predicted molar refractivity (Wildman–Crippen MR) is 75.6 cm³/mol. The number of hydrogen-bond donors (Lipinski definition) is 1. The third-order valence-electron chi connectivity index (χ3n) is 3.79. The third-order valence-corrected chi connectivity index (χ3v) is 3.79. The predicted octanol–water partition coefficient (Wildman–Crippen LogP) is 3.30. The lowest BCUT2D eigenvalue weighted by Gasteiger charge is -2.21. The first kappa shape index (κ1) is 13.6. The van der Waals surface area contributed by atoms with Crippen LogP contribution in [0.2, 0.25) is 0 Å². The van der Waals surface area contributed by atoms with E-state index < -0.39 is 0 Å². The zero-order chi connectivity index (χ0) is 12.6. The van der Waals surface area contributed by atoms with Crippen molar-refractivity contribution in [2.24, 2.45) is 5.73 Å². The second-order valence-electron chi connectivity index (χ2n) is 5.30.